The number of phenols is 1. The molecule has 6 atom stereocenters. The first kappa shape index (κ1) is 48.1. The van der Waals surface area contributed by atoms with E-state index in [1.165, 1.54) is 21.9 Å². The molecule has 0 aliphatic carbocycles. The summed E-state index contributed by atoms with van der Waals surface area (Å²) in [4.78, 5) is 77.4. The number of aryl methyl sites for hydroxylation is 1. The minimum Gasteiger partial charge on any atom is -0.508 e. The van der Waals surface area contributed by atoms with Crippen LogP contribution in [-0.4, -0.2) is 130 Å². The number of nitrogens with zero attached hydrogens (tertiary/aromatic N) is 5. The monoisotopic (exact) mass is 907 g/mol. The van der Waals surface area contributed by atoms with Crippen molar-refractivity contribution in [2.75, 3.05) is 40.9 Å². The van der Waals surface area contributed by atoms with Gasteiger partial charge in [-0.2, -0.15) is 0 Å². The zero-order valence-corrected chi connectivity index (χ0v) is 39.9. The van der Waals surface area contributed by atoms with Crippen molar-refractivity contribution in [2.24, 2.45) is 11.3 Å². The van der Waals surface area contributed by atoms with Gasteiger partial charge in [0.2, 0.25) is 17.7 Å². The molecule has 2 aromatic heterocycles. The minimum atomic E-state index is -1.18. The Balaban J connectivity index is 1.31. The van der Waals surface area contributed by atoms with E-state index in [4.69, 9.17) is 14.5 Å². The number of carbonyl (C=O) groups is 5. The van der Waals surface area contributed by atoms with Crippen LogP contribution in [0.1, 0.15) is 84.2 Å². The van der Waals surface area contributed by atoms with Gasteiger partial charge in [-0.3, -0.25) is 34.0 Å². The van der Waals surface area contributed by atoms with Crippen LogP contribution in [0.3, 0.4) is 0 Å². The van der Waals surface area contributed by atoms with Gasteiger partial charge in [0.1, 0.15) is 29.9 Å². The van der Waals surface area contributed by atoms with E-state index in [0.29, 0.717) is 43.5 Å². The number of aromatic nitrogens is 2. The number of hydrazine groups is 1. The highest BCUT2D eigenvalue weighted by Crippen LogP contribution is 2.42. The van der Waals surface area contributed by atoms with Crippen LogP contribution in [0, 0.1) is 11.3 Å². The number of phenolic OH excluding ortho intramolecular Hbond substituents is 1. The van der Waals surface area contributed by atoms with Gasteiger partial charge >= 0.3 is 5.97 Å². The van der Waals surface area contributed by atoms with E-state index in [2.05, 4.69) is 59.6 Å². The van der Waals surface area contributed by atoms with Crippen LogP contribution in [0.25, 0.3) is 33.3 Å². The van der Waals surface area contributed by atoms with E-state index >= 15 is 0 Å². The first-order chi connectivity index (χ1) is 31.3. The van der Waals surface area contributed by atoms with Crippen molar-refractivity contribution in [1.82, 2.24) is 40.4 Å². The SMILES string of the molecule is CCn1c(-c2cccnc2[C@H](C)OC)c2c3cc(ccc31)-c1cc(O)cc(c1)C[C@H](NC(=O)C(C(C)C)N(C)C(=O)[C@H](C)N(C)C(=O)[C@H]1CN1)C(=O)N1CCC[C@H](N1)C(=O)OCC(C)(C)C2. The fraction of sp³-hybridized carbons (Fsp3) is 0.520. The highest BCUT2D eigenvalue weighted by atomic mass is 16.5. The number of carbonyl (C=O) groups excluding carboxylic acids is 5. The first-order valence-corrected chi connectivity index (χ1v) is 23.1. The smallest absolute Gasteiger partial charge is 0.324 e. The van der Waals surface area contributed by atoms with E-state index in [1.54, 1.807) is 39.4 Å². The van der Waals surface area contributed by atoms with Gasteiger partial charge in [-0.15, -0.1) is 0 Å². The molecule has 66 heavy (non-hydrogen) atoms. The summed E-state index contributed by atoms with van der Waals surface area (Å²) < 4.78 is 14.2. The van der Waals surface area contributed by atoms with Crippen molar-refractivity contribution in [1.29, 1.82) is 0 Å². The number of likely N-dealkylation sites (N-methyl/N-ethyl adjacent to an activating group) is 2. The van der Waals surface area contributed by atoms with Gasteiger partial charge in [0.05, 0.1) is 30.1 Å². The summed E-state index contributed by atoms with van der Waals surface area (Å²) in [5.74, 6) is -2.58. The molecule has 2 fully saturated rings. The number of rotatable bonds is 11. The van der Waals surface area contributed by atoms with Gasteiger partial charge in [0.15, 0.2) is 0 Å². The third kappa shape index (κ3) is 9.96. The maximum absolute atomic E-state index is 14.7. The number of amides is 4. The molecule has 2 aromatic carbocycles. The Labute approximate surface area is 387 Å². The molecule has 354 valence electrons. The molecule has 0 spiro atoms. The number of fused-ring (bicyclic) bond motifs is 6. The van der Waals surface area contributed by atoms with Gasteiger partial charge in [-0.25, -0.2) is 5.43 Å². The summed E-state index contributed by atoms with van der Waals surface area (Å²) >= 11 is 0. The fourth-order valence-electron chi connectivity index (χ4n) is 9.52. The molecule has 16 nitrogen and oxygen atoms in total. The normalized spacial score (nSPS) is 21.1. The summed E-state index contributed by atoms with van der Waals surface area (Å²) in [6.07, 6.45) is 2.93. The standard InChI is InChI=1S/C50H66N8O8/c1-11-57-41-17-16-32-24-36(41)37(44(57)35-14-12-18-51-42(35)30(5)65-10)25-50(6,7)27-66-49(64)38-15-13-19-58(54-38)48(63)39(22-31-20-33(32)23-34(59)21-31)53-45(60)43(28(2)3)56(9)46(61)29(4)55(8)47(62)40-26-52-40/h12,14,16-18,20-21,23-24,28-30,38-40,43,52,54,59H,11,13,15,19,22,25-27H2,1-10H3,(H,53,60)/t29-,30-,38-,39-,40+,43?/m0/s1. The number of methoxy groups -OCH3 is 1. The zero-order valence-electron chi connectivity index (χ0n) is 39.9. The lowest BCUT2D eigenvalue weighted by Crippen LogP contribution is -2.62. The molecule has 2 saturated heterocycles. The second kappa shape index (κ2) is 19.6. The summed E-state index contributed by atoms with van der Waals surface area (Å²) in [6.45, 7) is 15.1. The van der Waals surface area contributed by atoms with Crippen molar-refractivity contribution in [2.45, 2.75) is 117 Å². The number of hydrogen-bond acceptors (Lipinski definition) is 11. The average molecular weight is 907 g/mol. The molecule has 3 aliphatic heterocycles. The molecule has 16 heteroatoms. The molecular formula is C50H66N8O8. The number of nitrogens with one attached hydrogen (secondary N) is 3. The van der Waals surface area contributed by atoms with Gasteiger partial charge in [0, 0.05) is 75.3 Å². The first-order valence-electron chi connectivity index (χ1n) is 23.1. The second-order valence-electron chi connectivity index (χ2n) is 19.3. The quantitative estimate of drug-likeness (QED) is 0.120. The lowest BCUT2D eigenvalue weighted by Gasteiger charge is -2.37. The van der Waals surface area contributed by atoms with Crippen molar-refractivity contribution in [3.63, 3.8) is 0 Å². The summed E-state index contributed by atoms with van der Waals surface area (Å²) in [5, 5.41) is 19.6. The molecule has 5 heterocycles. The number of pyridine rings is 1. The topological polar surface area (TPSA) is 198 Å². The lowest BCUT2D eigenvalue weighted by atomic mass is 9.84. The maximum Gasteiger partial charge on any atom is 0.324 e. The van der Waals surface area contributed by atoms with Crippen LogP contribution >= 0.6 is 0 Å². The second-order valence-corrected chi connectivity index (χ2v) is 19.3. The largest absolute Gasteiger partial charge is 0.508 e. The predicted molar refractivity (Wildman–Crippen MR) is 251 cm³/mol. The van der Waals surface area contributed by atoms with Crippen LogP contribution in [-0.2, 0) is 52.8 Å². The number of ether oxygens (including phenoxy) is 2. The lowest BCUT2D eigenvalue weighted by molar-refractivity contribution is -0.155. The van der Waals surface area contributed by atoms with E-state index in [9.17, 15) is 29.1 Å². The highest BCUT2D eigenvalue weighted by molar-refractivity contribution is 5.97. The number of aromatic hydroxyl groups is 1. The Morgan fingerprint density at radius 1 is 1.05 bits per heavy atom. The molecule has 0 saturated carbocycles. The summed E-state index contributed by atoms with van der Waals surface area (Å²) in [5.41, 5.74) is 9.48. The Kier molecular flexibility index (Phi) is 14.3. The van der Waals surface area contributed by atoms with E-state index in [0.717, 1.165) is 39.0 Å². The van der Waals surface area contributed by atoms with Crippen LogP contribution in [0.5, 0.6) is 5.75 Å². The number of esters is 1. The molecule has 4 N–H and O–H groups in total. The molecule has 4 amide bonds. The Morgan fingerprint density at radius 3 is 2.47 bits per heavy atom. The Morgan fingerprint density at radius 2 is 1.79 bits per heavy atom. The summed E-state index contributed by atoms with van der Waals surface area (Å²) in [6, 6.07) is 11.2. The molecular weight excluding hydrogens is 841 g/mol. The molecule has 6 bridgehead atoms. The van der Waals surface area contributed by atoms with Crippen LogP contribution in [0.2, 0.25) is 0 Å². The van der Waals surface area contributed by atoms with Gasteiger partial charge < -0.3 is 39.6 Å². The third-order valence-corrected chi connectivity index (χ3v) is 13.3. The van der Waals surface area contributed by atoms with Crippen molar-refractivity contribution in [3.8, 4) is 28.1 Å². The van der Waals surface area contributed by atoms with E-state index < -0.39 is 53.3 Å². The number of hydrogen-bond donors (Lipinski definition) is 4. The number of cyclic esters (lactones) is 1. The molecule has 1 unspecified atom stereocenters. The third-order valence-electron chi connectivity index (χ3n) is 13.3. The van der Waals surface area contributed by atoms with Gasteiger partial charge in [0.25, 0.3) is 5.91 Å². The van der Waals surface area contributed by atoms with E-state index in [1.807, 2.05) is 39.0 Å². The van der Waals surface area contributed by atoms with E-state index in [-0.39, 0.29) is 49.3 Å². The minimum absolute atomic E-state index is 0.0189. The summed E-state index contributed by atoms with van der Waals surface area (Å²) in [7, 11) is 4.77. The van der Waals surface area contributed by atoms with Gasteiger partial charge in [-0.05, 0) is 105 Å². The zero-order chi connectivity index (χ0) is 47.8. The van der Waals surface area contributed by atoms with Crippen molar-refractivity contribution >= 4 is 40.5 Å². The van der Waals surface area contributed by atoms with Crippen molar-refractivity contribution < 1.29 is 38.6 Å². The predicted octanol–water partition coefficient (Wildman–Crippen LogP) is 4.75. The van der Waals surface area contributed by atoms with Crippen LogP contribution < -0.4 is 16.1 Å². The average Bonchev–Trinajstić information content (AvgIpc) is 4.11. The van der Waals surface area contributed by atoms with Gasteiger partial charge in [-0.1, -0.05) is 39.8 Å². The maximum atomic E-state index is 14.7. The fourth-order valence-corrected chi connectivity index (χ4v) is 9.52. The number of benzene rings is 2. The van der Waals surface area contributed by atoms with Crippen LogP contribution in [0.15, 0.2) is 54.7 Å². The van der Waals surface area contributed by atoms with Crippen molar-refractivity contribution in [3.05, 3.63) is 71.5 Å². The molecule has 0 radical (unpaired) electrons. The molecule has 3 aliphatic rings. The Bertz CT molecular complexity index is 2500. The molecule has 7 rings (SSSR count). The highest BCUT2D eigenvalue weighted by Gasteiger charge is 2.41. The molecule has 4 aromatic rings. The van der Waals surface area contributed by atoms with Crippen LogP contribution in [0.4, 0.5) is 0 Å². The Hall–Kier alpha value is -5.84.